The van der Waals surface area contributed by atoms with Crippen LogP contribution in [0, 0.1) is 0 Å². The van der Waals surface area contributed by atoms with Crippen molar-refractivity contribution in [1.29, 1.82) is 0 Å². The van der Waals surface area contributed by atoms with Gasteiger partial charge >= 0.3 is 0 Å². The molecule has 0 bridgehead atoms. The van der Waals surface area contributed by atoms with E-state index in [2.05, 4.69) is 13.5 Å². The fourth-order valence-corrected chi connectivity index (χ4v) is 2.32. The minimum absolute atomic E-state index is 0.344. The van der Waals surface area contributed by atoms with E-state index < -0.39 is 0 Å². The summed E-state index contributed by atoms with van der Waals surface area (Å²) in [5.41, 5.74) is 1.17. The summed E-state index contributed by atoms with van der Waals surface area (Å²) in [5.74, 6) is 0. The standard InChI is InChI=1S/C8H8.C6H12.C4H8O.C4H10O/c1-2-8-6-4-3-5-7-8;1-2-4-6-5-3-1;1-2-4-5-3-1;1-2-3-4-5/h2-7H,1H2;1-6H2;1-4H2;5H,2-4H2,1H3. The highest BCUT2D eigenvalue weighted by atomic mass is 16.5. The lowest BCUT2D eigenvalue weighted by atomic mass is 10.0. The first-order valence-electron chi connectivity index (χ1n) is 9.71. The highest BCUT2D eigenvalue weighted by Crippen LogP contribution is 2.15. The quantitative estimate of drug-likeness (QED) is 0.708. The molecule has 0 unspecified atom stereocenters. The molecule has 138 valence electrons. The molecule has 1 saturated carbocycles. The summed E-state index contributed by atoms with van der Waals surface area (Å²) in [6.45, 7) is 8.03. The number of aliphatic hydroxyl groups excluding tert-OH is 1. The monoisotopic (exact) mass is 334 g/mol. The molecule has 2 fully saturated rings. The lowest BCUT2D eigenvalue weighted by molar-refractivity contribution is 0.198. The third-order valence-corrected chi connectivity index (χ3v) is 3.87. The molecule has 24 heavy (non-hydrogen) atoms. The molecular formula is C22H38O2. The molecule has 1 N–H and O–H groups in total. The van der Waals surface area contributed by atoms with Gasteiger partial charge in [-0.25, -0.2) is 0 Å². The number of ether oxygens (including phenoxy) is 1. The molecule has 1 aliphatic carbocycles. The Morgan fingerprint density at radius 2 is 1.42 bits per heavy atom. The summed E-state index contributed by atoms with van der Waals surface area (Å²) in [4.78, 5) is 0. The summed E-state index contributed by atoms with van der Waals surface area (Å²) < 4.78 is 4.94. The zero-order valence-electron chi connectivity index (χ0n) is 15.7. The third-order valence-electron chi connectivity index (χ3n) is 3.87. The van der Waals surface area contributed by atoms with Gasteiger partial charge in [-0.3, -0.25) is 0 Å². The number of aliphatic hydroxyl groups is 1. The molecule has 3 rings (SSSR count). The molecule has 1 aliphatic heterocycles. The molecule has 1 aromatic carbocycles. The van der Waals surface area contributed by atoms with E-state index in [0.29, 0.717) is 6.61 Å². The highest BCUT2D eigenvalue weighted by Gasteiger charge is 1.95. The van der Waals surface area contributed by atoms with Crippen LogP contribution in [-0.2, 0) is 4.74 Å². The van der Waals surface area contributed by atoms with Gasteiger partial charge < -0.3 is 9.84 Å². The zero-order valence-corrected chi connectivity index (χ0v) is 15.7. The van der Waals surface area contributed by atoms with Crippen LogP contribution in [-0.4, -0.2) is 24.9 Å². The van der Waals surface area contributed by atoms with Crippen LogP contribution in [0.25, 0.3) is 6.08 Å². The lowest BCUT2D eigenvalue weighted by Gasteiger charge is -2.05. The Hall–Kier alpha value is -1.12. The fraction of sp³-hybridized carbons (Fsp3) is 0.636. The minimum Gasteiger partial charge on any atom is -0.396 e. The molecule has 0 aromatic heterocycles. The number of unbranched alkanes of at least 4 members (excludes halogenated alkanes) is 1. The SMILES string of the molecule is C1CCCCC1.C1CCOC1.C=Cc1ccccc1.CCCCO. The maximum absolute atomic E-state index is 8.07. The Morgan fingerprint density at radius 3 is 1.62 bits per heavy atom. The van der Waals surface area contributed by atoms with Crippen molar-refractivity contribution in [2.75, 3.05) is 19.8 Å². The molecule has 1 saturated heterocycles. The van der Waals surface area contributed by atoms with Gasteiger partial charge in [0.2, 0.25) is 0 Å². The number of hydrogen-bond donors (Lipinski definition) is 1. The maximum atomic E-state index is 8.07. The van der Waals surface area contributed by atoms with Gasteiger partial charge in [-0.2, -0.15) is 0 Å². The largest absolute Gasteiger partial charge is 0.396 e. The van der Waals surface area contributed by atoms with Crippen LogP contribution in [0.3, 0.4) is 0 Å². The maximum Gasteiger partial charge on any atom is 0.0466 e. The van der Waals surface area contributed by atoms with E-state index in [0.717, 1.165) is 26.1 Å². The second kappa shape index (κ2) is 19.9. The summed E-state index contributed by atoms with van der Waals surface area (Å²) in [5, 5.41) is 8.07. The Bertz CT molecular complexity index is 319. The van der Waals surface area contributed by atoms with Crippen molar-refractivity contribution in [3.05, 3.63) is 42.5 Å². The van der Waals surface area contributed by atoms with Crippen LogP contribution >= 0.6 is 0 Å². The first-order chi connectivity index (χ1) is 11.8. The molecule has 1 heterocycles. The van der Waals surface area contributed by atoms with Crippen LogP contribution in [0.5, 0.6) is 0 Å². The van der Waals surface area contributed by atoms with Crippen molar-refractivity contribution in [1.82, 2.24) is 0 Å². The van der Waals surface area contributed by atoms with Crippen LogP contribution < -0.4 is 0 Å². The number of rotatable bonds is 3. The third kappa shape index (κ3) is 17.2. The van der Waals surface area contributed by atoms with E-state index in [-0.39, 0.29) is 0 Å². The predicted octanol–water partition coefficient (Wildman–Crippen LogP) is 6.25. The lowest BCUT2D eigenvalue weighted by Crippen LogP contribution is -1.85. The predicted molar refractivity (Wildman–Crippen MR) is 106 cm³/mol. The Labute approximate surface area is 149 Å². The van der Waals surface area contributed by atoms with E-state index in [1.54, 1.807) is 0 Å². The van der Waals surface area contributed by atoms with Crippen LogP contribution in [0.1, 0.15) is 76.7 Å². The minimum atomic E-state index is 0.344. The fourth-order valence-electron chi connectivity index (χ4n) is 2.32. The van der Waals surface area contributed by atoms with E-state index >= 15 is 0 Å². The van der Waals surface area contributed by atoms with Gasteiger partial charge in [0.1, 0.15) is 0 Å². The van der Waals surface area contributed by atoms with Gasteiger partial charge in [0.05, 0.1) is 0 Å². The number of hydrogen-bond acceptors (Lipinski definition) is 2. The second-order valence-electron chi connectivity index (χ2n) is 6.13. The second-order valence-corrected chi connectivity index (χ2v) is 6.13. The normalized spacial score (nSPS) is 15.6. The van der Waals surface area contributed by atoms with E-state index in [1.165, 1.54) is 56.9 Å². The molecule has 2 aliphatic rings. The summed E-state index contributed by atoms with van der Waals surface area (Å²) >= 11 is 0. The van der Waals surface area contributed by atoms with Crippen LogP contribution in [0.15, 0.2) is 36.9 Å². The van der Waals surface area contributed by atoms with Gasteiger partial charge in [-0.15, -0.1) is 0 Å². The Balaban J connectivity index is 0.000000301. The molecule has 0 spiro atoms. The topological polar surface area (TPSA) is 29.5 Å². The van der Waals surface area contributed by atoms with Crippen molar-refractivity contribution in [3.8, 4) is 0 Å². The van der Waals surface area contributed by atoms with Gasteiger partial charge in [-0.1, -0.05) is 94.9 Å². The molecule has 2 heteroatoms. The van der Waals surface area contributed by atoms with E-state index in [1.807, 2.05) is 36.4 Å². The van der Waals surface area contributed by atoms with Crippen molar-refractivity contribution in [2.24, 2.45) is 0 Å². The zero-order chi connectivity index (χ0) is 17.7. The van der Waals surface area contributed by atoms with Crippen molar-refractivity contribution >= 4 is 6.08 Å². The molecule has 1 aromatic rings. The molecule has 0 atom stereocenters. The molecule has 0 radical (unpaired) electrons. The first-order valence-corrected chi connectivity index (χ1v) is 9.71. The van der Waals surface area contributed by atoms with Gasteiger partial charge in [0.25, 0.3) is 0 Å². The molecule has 2 nitrogen and oxygen atoms in total. The van der Waals surface area contributed by atoms with Crippen LogP contribution in [0.2, 0.25) is 0 Å². The van der Waals surface area contributed by atoms with Crippen molar-refractivity contribution < 1.29 is 9.84 Å². The van der Waals surface area contributed by atoms with Gasteiger partial charge in [-0.05, 0) is 24.8 Å². The van der Waals surface area contributed by atoms with Gasteiger partial charge in [0, 0.05) is 19.8 Å². The van der Waals surface area contributed by atoms with E-state index in [4.69, 9.17) is 9.84 Å². The molecular weight excluding hydrogens is 296 g/mol. The van der Waals surface area contributed by atoms with Crippen molar-refractivity contribution in [2.45, 2.75) is 71.1 Å². The summed E-state index contributed by atoms with van der Waals surface area (Å²) in [6.07, 6.45) is 15.4. The summed E-state index contributed by atoms with van der Waals surface area (Å²) in [6, 6.07) is 10.0. The smallest absolute Gasteiger partial charge is 0.0466 e. The Morgan fingerprint density at radius 1 is 0.917 bits per heavy atom. The van der Waals surface area contributed by atoms with Gasteiger partial charge in [0.15, 0.2) is 0 Å². The average molecular weight is 335 g/mol. The average Bonchev–Trinajstić information content (AvgIpc) is 3.26. The summed E-state index contributed by atoms with van der Waals surface area (Å²) in [7, 11) is 0. The first kappa shape index (κ1) is 22.9. The van der Waals surface area contributed by atoms with Crippen molar-refractivity contribution in [3.63, 3.8) is 0 Å². The Kier molecular flexibility index (Phi) is 19.0. The molecule has 0 amide bonds. The number of benzene rings is 1. The van der Waals surface area contributed by atoms with E-state index in [9.17, 15) is 0 Å². The highest BCUT2D eigenvalue weighted by molar-refractivity contribution is 5.45. The van der Waals surface area contributed by atoms with Crippen LogP contribution in [0.4, 0.5) is 0 Å².